The molecule has 0 radical (unpaired) electrons. The Morgan fingerprint density at radius 2 is 1.85 bits per heavy atom. The van der Waals surface area contributed by atoms with Crippen LogP contribution < -0.4 is 0 Å². The van der Waals surface area contributed by atoms with Crippen LogP contribution in [0.4, 0.5) is 13.2 Å². The lowest BCUT2D eigenvalue weighted by atomic mass is 10.1. The van der Waals surface area contributed by atoms with E-state index in [1.54, 1.807) is 11.0 Å². The minimum atomic E-state index is -4.66. The standard InChI is InChI=1S/C22H22ClF3N4O3/c23-18-15-5-11(10-1-2-10)6-16(22(24,25)26)30(15)27-19(18)21(33)28-3-4-29(17(32)9-28)20-13-7-12(31)8-14(13)20/h5-6,10,12-14,20,31H,1-4,7-9H2. The lowest BCUT2D eigenvalue weighted by Gasteiger charge is -2.35. The molecule has 1 N–H and O–H groups in total. The smallest absolute Gasteiger partial charge is 0.393 e. The average Bonchev–Trinajstić information content (AvgIpc) is 3.65. The van der Waals surface area contributed by atoms with Crippen molar-refractivity contribution in [3.8, 4) is 0 Å². The Hall–Kier alpha value is -2.33. The highest BCUT2D eigenvalue weighted by atomic mass is 35.5. The molecule has 1 aliphatic heterocycles. The third-order valence-corrected chi connectivity index (χ3v) is 7.89. The highest BCUT2D eigenvalue weighted by Gasteiger charge is 2.59. The van der Waals surface area contributed by atoms with Gasteiger partial charge in [-0.2, -0.15) is 18.3 Å². The highest BCUT2D eigenvalue weighted by Crippen LogP contribution is 2.55. The van der Waals surface area contributed by atoms with Gasteiger partial charge in [-0.05, 0) is 61.1 Å². The average molecular weight is 483 g/mol. The molecule has 2 aromatic heterocycles. The third-order valence-electron chi connectivity index (χ3n) is 7.52. The molecule has 3 saturated carbocycles. The molecule has 3 heterocycles. The maximum atomic E-state index is 13.7. The van der Waals surface area contributed by atoms with Crippen molar-refractivity contribution in [3.63, 3.8) is 0 Å². The van der Waals surface area contributed by atoms with E-state index in [9.17, 15) is 27.9 Å². The molecule has 1 saturated heterocycles. The van der Waals surface area contributed by atoms with Gasteiger partial charge in [0.2, 0.25) is 5.91 Å². The second-order valence-corrected chi connectivity index (χ2v) is 10.0. The number of carbonyl (C=O) groups is 2. The minimum absolute atomic E-state index is 0.0473. The molecule has 7 nitrogen and oxygen atoms in total. The van der Waals surface area contributed by atoms with Crippen LogP contribution in [0.25, 0.3) is 5.52 Å². The highest BCUT2D eigenvalue weighted by molar-refractivity contribution is 6.36. The second kappa shape index (κ2) is 7.09. The van der Waals surface area contributed by atoms with E-state index in [0.29, 0.717) is 41.3 Å². The number of piperazine rings is 1. The fraction of sp³-hybridized carbons (Fsp3) is 0.591. The number of rotatable bonds is 3. The number of amides is 2. The number of pyridine rings is 1. The number of aliphatic hydroxyl groups excluding tert-OH is 1. The van der Waals surface area contributed by atoms with Gasteiger partial charge in [0.1, 0.15) is 12.2 Å². The maximum Gasteiger partial charge on any atom is 0.433 e. The quantitative estimate of drug-likeness (QED) is 0.729. The van der Waals surface area contributed by atoms with Crippen LogP contribution in [0.15, 0.2) is 12.1 Å². The normalized spacial score (nSPS) is 29.7. The molecule has 176 valence electrons. The van der Waals surface area contributed by atoms with Crippen LogP contribution in [-0.4, -0.2) is 68.1 Å². The predicted molar refractivity (Wildman–Crippen MR) is 111 cm³/mol. The SMILES string of the molecule is O=C(c1nn2c(C(F)(F)F)cc(C3CC3)cc2c1Cl)N1CCN(C2C3CC(O)CC32)C(=O)C1. The molecule has 11 heteroatoms. The van der Waals surface area contributed by atoms with Crippen molar-refractivity contribution >= 4 is 28.9 Å². The van der Waals surface area contributed by atoms with Crippen molar-refractivity contribution < 1.29 is 27.9 Å². The van der Waals surface area contributed by atoms with E-state index in [1.165, 1.54) is 4.90 Å². The number of fused-ring (bicyclic) bond motifs is 2. The third kappa shape index (κ3) is 3.41. The summed E-state index contributed by atoms with van der Waals surface area (Å²) in [6, 6.07) is 2.77. The van der Waals surface area contributed by atoms with Gasteiger partial charge < -0.3 is 14.9 Å². The first kappa shape index (κ1) is 21.2. The Bertz CT molecular complexity index is 1170. The van der Waals surface area contributed by atoms with Crippen LogP contribution in [0, 0.1) is 11.8 Å². The van der Waals surface area contributed by atoms with E-state index in [1.807, 2.05) is 0 Å². The Labute approximate surface area is 192 Å². The Morgan fingerprint density at radius 1 is 1.15 bits per heavy atom. The number of hydrogen-bond acceptors (Lipinski definition) is 4. The molecule has 33 heavy (non-hydrogen) atoms. The van der Waals surface area contributed by atoms with Crippen molar-refractivity contribution in [1.29, 1.82) is 0 Å². The molecule has 0 aromatic carbocycles. The van der Waals surface area contributed by atoms with E-state index < -0.39 is 17.8 Å². The summed E-state index contributed by atoms with van der Waals surface area (Å²) in [6.07, 6.45) is -1.92. The topological polar surface area (TPSA) is 78.2 Å². The molecule has 2 aromatic rings. The fourth-order valence-corrected chi connectivity index (χ4v) is 5.95. The van der Waals surface area contributed by atoms with Gasteiger partial charge >= 0.3 is 6.18 Å². The summed E-state index contributed by atoms with van der Waals surface area (Å²) < 4.78 is 41.8. The summed E-state index contributed by atoms with van der Waals surface area (Å²) >= 11 is 6.38. The summed E-state index contributed by atoms with van der Waals surface area (Å²) in [4.78, 5) is 29.0. The fourth-order valence-electron chi connectivity index (χ4n) is 5.69. The van der Waals surface area contributed by atoms with Crippen molar-refractivity contribution in [2.45, 2.75) is 49.9 Å². The van der Waals surface area contributed by atoms with E-state index >= 15 is 0 Å². The molecule has 3 aliphatic carbocycles. The van der Waals surface area contributed by atoms with Crippen LogP contribution in [0.3, 0.4) is 0 Å². The summed E-state index contributed by atoms with van der Waals surface area (Å²) in [5, 5.41) is 13.5. The summed E-state index contributed by atoms with van der Waals surface area (Å²) in [5.74, 6) is -0.143. The Morgan fingerprint density at radius 3 is 2.45 bits per heavy atom. The van der Waals surface area contributed by atoms with Gasteiger partial charge in [-0.3, -0.25) is 9.59 Å². The zero-order valence-electron chi connectivity index (χ0n) is 17.6. The predicted octanol–water partition coefficient (Wildman–Crippen LogP) is 2.94. The van der Waals surface area contributed by atoms with Crippen molar-refractivity contribution in [2.75, 3.05) is 19.6 Å². The number of aromatic nitrogens is 2. The summed E-state index contributed by atoms with van der Waals surface area (Å²) in [6.45, 7) is 0.441. The first-order valence-corrected chi connectivity index (χ1v) is 11.6. The van der Waals surface area contributed by atoms with Crippen LogP contribution in [0.1, 0.15) is 53.3 Å². The molecule has 2 amide bonds. The Kier molecular flexibility index (Phi) is 4.56. The lowest BCUT2D eigenvalue weighted by Crippen LogP contribution is -2.53. The molecule has 2 atom stereocenters. The monoisotopic (exact) mass is 482 g/mol. The summed E-state index contributed by atoms with van der Waals surface area (Å²) in [7, 11) is 0. The maximum absolute atomic E-state index is 13.7. The van der Waals surface area contributed by atoms with E-state index in [2.05, 4.69) is 5.10 Å². The molecule has 0 bridgehead atoms. The zero-order valence-corrected chi connectivity index (χ0v) is 18.3. The van der Waals surface area contributed by atoms with Gasteiger partial charge in [-0.25, -0.2) is 4.52 Å². The molecular weight excluding hydrogens is 461 g/mol. The van der Waals surface area contributed by atoms with Crippen molar-refractivity contribution in [2.24, 2.45) is 11.8 Å². The van der Waals surface area contributed by atoms with Crippen LogP contribution in [-0.2, 0) is 11.0 Å². The van der Waals surface area contributed by atoms with Gasteiger partial charge in [0.15, 0.2) is 5.69 Å². The summed E-state index contributed by atoms with van der Waals surface area (Å²) in [5.41, 5.74) is -0.653. The van der Waals surface area contributed by atoms with E-state index in [0.717, 1.165) is 18.9 Å². The number of aliphatic hydroxyl groups is 1. The van der Waals surface area contributed by atoms with Gasteiger partial charge in [0, 0.05) is 19.1 Å². The van der Waals surface area contributed by atoms with Crippen LogP contribution in [0.5, 0.6) is 0 Å². The van der Waals surface area contributed by atoms with E-state index in [4.69, 9.17) is 11.6 Å². The number of nitrogens with zero attached hydrogens (tertiary/aromatic N) is 4. The van der Waals surface area contributed by atoms with Gasteiger partial charge in [-0.1, -0.05) is 11.6 Å². The van der Waals surface area contributed by atoms with Crippen molar-refractivity contribution in [1.82, 2.24) is 19.4 Å². The van der Waals surface area contributed by atoms with Crippen LogP contribution in [0.2, 0.25) is 5.02 Å². The Balaban J connectivity index is 1.26. The van der Waals surface area contributed by atoms with Gasteiger partial charge in [0.05, 0.1) is 16.6 Å². The number of halogens is 4. The van der Waals surface area contributed by atoms with E-state index in [-0.39, 0.29) is 53.3 Å². The number of alkyl halides is 3. The molecule has 0 spiro atoms. The van der Waals surface area contributed by atoms with Gasteiger partial charge in [-0.15, -0.1) is 0 Å². The molecule has 6 rings (SSSR count). The van der Waals surface area contributed by atoms with Crippen molar-refractivity contribution in [3.05, 3.63) is 34.1 Å². The lowest BCUT2D eigenvalue weighted by molar-refractivity contribution is -0.142. The number of hydrogen-bond donors (Lipinski definition) is 1. The first-order valence-electron chi connectivity index (χ1n) is 11.2. The molecular formula is C22H22ClF3N4O3. The second-order valence-electron chi connectivity index (χ2n) is 9.66. The zero-order chi connectivity index (χ0) is 23.2. The molecule has 4 aliphatic rings. The minimum Gasteiger partial charge on any atom is -0.393 e. The largest absolute Gasteiger partial charge is 0.433 e. The number of carbonyl (C=O) groups excluding carboxylic acids is 2. The molecule has 4 fully saturated rings. The molecule has 2 unspecified atom stereocenters. The van der Waals surface area contributed by atoms with Crippen LogP contribution >= 0.6 is 11.6 Å². The van der Waals surface area contributed by atoms with Gasteiger partial charge in [0.25, 0.3) is 5.91 Å². The first-order chi connectivity index (χ1) is 15.6.